The third-order valence-electron chi connectivity index (χ3n) is 6.35. The summed E-state index contributed by atoms with van der Waals surface area (Å²) >= 11 is 0. The third-order valence-corrected chi connectivity index (χ3v) is 6.35. The molecule has 1 atom stereocenters. The number of aromatic nitrogens is 1. The normalized spacial score (nSPS) is 12.7. The lowest BCUT2D eigenvalue weighted by Crippen LogP contribution is -2.54. The number of rotatable bonds is 6. The molecule has 1 heterocycles. The van der Waals surface area contributed by atoms with Gasteiger partial charge in [-0.3, -0.25) is 9.59 Å². The van der Waals surface area contributed by atoms with Gasteiger partial charge in [0.05, 0.1) is 16.8 Å². The lowest BCUT2D eigenvalue weighted by atomic mass is 9.95. The van der Waals surface area contributed by atoms with Crippen molar-refractivity contribution in [2.45, 2.75) is 39.7 Å². The van der Waals surface area contributed by atoms with Crippen molar-refractivity contribution in [2.75, 3.05) is 5.32 Å². The molecule has 2 amide bonds. The van der Waals surface area contributed by atoms with Crippen LogP contribution in [0, 0.1) is 13.8 Å². The fourth-order valence-corrected chi connectivity index (χ4v) is 4.01. The number of carbonyl (C=O) groups is 2. The third kappa shape index (κ3) is 4.55. The summed E-state index contributed by atoms with van der Waals surface area (Å²) in [6, 6.07) is 25.0. The lowest BCUT2D eigenvalue weighted by Gasteiger charge is -2.29. The molecule has 0 radical (unpaired) electrons. The second-order valence-electron chi connectivity index (χ2n) is 8.80. The van der Waals surface area contributed by atoms with E-state index < -0.39 is 5.54 Å². The van der Waals surface area contributed by atoms with E-state index >= 15 is 0 Å². The molecule has 1 aromatic heterocycles. The summed E-state index contributed by atoms with van der Waals surface area (Å²) in [5.41, 5.74) is 4.49. The average Bonchev–Trinajstić information content (AvgIpc) is 2.85. The van der Waals surface area contributed by atoms with Gasteiger partial charge < -0.3 is 10.6 Å². The number of hydrogen-bond acceptors (Lipinski definition) is 3. The molecule has 0 aliphatic rings. The highest BCUT2D eigenvalue weighted by atomic mass is 16.2. The molecule has 34 heavy (non-hydrogen) atoms. The van der Waals surface area contributed by atoms with Crippen molar-refractivity contribution >= 4 is 28.4 Å². The van der Waals surface area contributed by atoms with Gasteiger partial charge in [0.25, 0.3) is 5.91 Å². The molecule has 0 bridgehead atoms. The highest BCUT2D eigenvalue weighted by Crippen LogP contribution is 2.26. The van der Waals surface area contributed by atoms with E-state index in [9.17, 15) is 9.59 Å². The van der Waals surface area contributed by atoms with Crippen LogP contribution in [0.2, 0.25) is 0 Å². The summed E-state index contributed by atoms with van der Waals surface area (Å²) in [4.78, 5) is 31.7. The van der Waals surface area contributed by atoms with Gasteiger partial charge >= 0.3 is 0 Å². The van der Waals surface area contributed by atoms with E-state index in [0.29, 0.717) is 17.7 Å². The highest BCUT2D eigenvalue weighted by Gasteiger charge is 2.34. The minimum Gasteiger partial charge on any atom is -0.338 e. The molecule has 0 aliphatic carbocycles. The molecule has 0 aliphatic heterocycles. The van der Waals surface area contributed by atoms with Crippen molar-refractivity contribution in [3.8, 4) is 11.3 Å². The molecule has 0 unspecified atom stereocenters. The standard InChI is InChI=1S/C29H29N3O2/c1-5-29(4,28(34)31-26-19(2)12-11-13-20(26)3)32-27(33)23-18-25(21-14-7-6-8-15-21)30-24-17-10-9-16-22(23)24/h6-18H,5H2,1-4H3,(H,31,34)(H,32,33)/t29-/m1/s1. The zero-order valence-electron chi connectivity index (χ0n) is 20.0. The number of nitrogens with zero attached hydrogens (tertiary/aromatic N) is 1. The fraction of sp³-hybridized carbons (Fsp3) is 0.207. The maximum atomic E-state index is 13.6. The monoisotopic (exact) mass is 451 g/mol. The molecule has 0 saturated heterocycles. The molecule has 0 fully saturated rings. The molecule has 0 saturated carbocycles. The van der Waals surface area contributed by atoms with Gasteiger partial charge in [0, 0.05) is 16.6 Å². The quantitative estimate of drug-likeness (QED) is 0.375. The zero-order chi connectivity index (χ0) is 24.3. The van der Waals surface area contributed by atoms with Gasteiger partial charge in [0.1, 0.15) is 5.54 Å². The number of para-hydroxylation sites is 2. The molecule has 5 nitrogen and oxygen atoms in total. The van der Waals surface area contributed by atoms with E-state index in [1.54, 1.807) is 13.0 Å². The summed E-state index contributed by atoms with van der Waals surface area (Å²) in [6.45, 7) is 7.57. The first-order valence-corrected chi connectivity index (χ1v) is 11.5. The summed E-state index contributed by atoms with van der Waals surface area (Å²) in [5.74, 6) is -0.556. The Balaban J connectivity index is 1.69. The van der Waals surface area contributed by atoms with Crippen molar-refractivity contribution in [3.63, 3.8) is 0 Å². The van der Waals surface area contributed by atoms with Crippen LogP contribution in [0.5, 0.6) is 0 Å². The zero-order valence-corrected chi connectivity index (χ0v) is 20.0. The lowest BCUT2D eigenvalue weighted by molar-refractivity contribution is -0.121. The molecule has 2 N–H and O–H groups in total. The van der Waals surface area contributed by atoms with Crippen LogP contribution in [0.4, 0.5) is 5.69 Å². The summed E-state index contributed by atoms with van der Waals surface area (Å²) in [5, 5.41) is 6.79. The Labute approximate surface area is 200 Å². The van der Waals surface area contributed by atoms with E-state index in [2.05, 4.69) is 10.6 Å². The maximum Gasteiger partial charge on any atom is 0.252 e. The summed E-state index contributed by atoms with van der Waals surface area (Å²) < 4.78 is 0. The minimum absolute atomic E-state index is 0.248. The first-order valence-electron chi connectivity index (χ1n) is 11.5. The highest BCUT2D eigenvalue weighted by molar-refractivity contribution is 6.10. The first kappa shape index (κ1) is 23.2. The van der Waals surface area contributed by atoms with Crippen molar-refractivity contribution in [2.24, 2.45) is 0 Å². The fourth-order valence-electron chi connectivity index (χ4n) is 4.01. The minimum atomic E-state index is -1.09. The van der Waals surface area contributed by atoms with Crippen LogP contribution >= 0.6 is 0 Å². The topological polar surface area (TPSA) is 71.1 Å². The number of carbonyl (C=O) groups excluding carboxylic acids is 2. The number of fused-ring (bicyclic) bond motifs is 1. The first-order chi connectivity index (χ1) is 16.3. The molecule has 5 heteroatoms. The van der Waals surface area contributed by atoms with Gasteiger partial charge in [-0.1, -0.05) is 73.7 Å². The van der Waals surface area contributed by atoms with Gasteiger partial charge in [-0.25, -0.2) is 4.98 Å². The number of anilines is 1. The number of aryl methyl sites for hydroxylation is 2. The molecule has 4 rings (SSSR count). The van der Waals surface area contributed by atoms with E-state index in [0.717, 1.165) is 33.3 Å². The van der Waals surface area contributed by atoms with Crippen LogP contribution in [-0.4, -0.2) is 22.3 Å². The number of amides is 2. The van der Waals surface area contributed by atoms with Crippen molar-refractivity contribution in [3.05, 3.63) is 95.6 Å². The predicted molar refractivity (Wildman–Crippen MR) is 138 cm³/mol. The van der Waals surface area contributed by atoms with Crippen LogP contribution in [0.3, 0.4) is 0 Å². The smallest absolute Gasteiger partial charge is 0.252 e. The summed E-state index contributed by atoms with van der Waals surface area (Å²) in [6.07, 6.45) is 0.435. The number of hydrogen-bond donors (Lipinski definition) is 2. The van der Waals surface area contributed by atoms with E-state index in [-0.39, 0.29) is 11.8 Å². The van der Waals surface area contributed by atoms with Crippen molar-refractivity contribution in [1.29, 1.82) is 0 Å². The molecular formula is C29H29N3O2. The predicted octanol–water partition coefficient (Wildman–Crippen LogP) is 6.06. The van der Waals surface area contributed by atoms with Crippen LogP contribution in [-0.2, 0) is 4.79 Å². The van der Waals surface area contributed by atoms with E-state index in [1.807, 2.05) is 93.6 Å². The van der Waals surface area contributed by atoms with Crippen LogP contribution in [0.25, 0.3) is 22.2 Å². The second kappa shape index (κ2) is 9.48. The maximum absolute atomic E-state index is 13.6. The molecular weight excluding hydrogens is 422 g/mol. The number of pyridine rings is 1. The molecule has 4 aromatic rings. The molecule has 3 aromatic carbocycles. The summed E-state index contributed by atoms with van der Waals surface area (Å²) in [7, 11) is 0. The van der Waals surface area contributed by atoms with Gasteiger partial charge in [0.2, 0.25) is 5.91 Å². The molecule has 0 spiro atoms. The Morgan fingerprint density at radius 3 is 2.21 bits per heavy atom. The largest absolute Gasteiger partial charge is 0.338 e. The van der Waals surface area contributed by atoms with Crippen LogP contribution < -0.4 is 10.6 Å². The van der Waals surface area contributed by atoms with Gasteiger partial charge in [0.15, 0.2) is 0 Å². The van der Waals surface area contributed by atoms with E-state index in [1.165, 1.54) is 0 Å². The molecule has 172 valence electrons. The van der Waals surface area contributed by atoms with E-state index in [4.69, 9.17) is 4.98 Å². The Morgan fingerprint density at radius 2 is 1.53 bits per heavy atom. The Hall–Kier alpha value is -3.99. The van der Waals surface area contributed by atoms with Gasteiger partial charge in [-0.15, -0.1) is 0 Å². The van der Waals surface area contributed by atoms with Crippen molar-refractivity contribution in [1.82, 2.24) is 10.3 Å². The Bertz CT molecular complexity index is 1340. The van der Waals surface area contributed by atoms with Crippen molar-refractivity contribution < 1.29 is 9.59 Å². The SMILES string of the molecule is CC[C@@](C)(NC(=O)c1cc(-c2ccccc2)nc2ccccc12)C(=O)Nc1c(C)cccc1C. The second-order valence-corrected chi connectivity index (χ2v) is 8.80. The van der Waals surface area contributed by atoms with Crippen LogP contribution in [0.15, 0.2) is 78.9 Å². The van der Waals surface area contributed by atoms with Gasteiger partial charge in [-0.05, 0) is 50.5 Å². The average molecular weight is 452 g/mol. The van der Waals surface area contributed by atoms with Gasteiger partial charge in [-0.2, -0.15) is 0 Å². The number of benzene rings is 3. The Morgan fingerprint density at radius 1 is 0.882 bits per heavy atom. The number of nitrogens with one attached hydrogen (secondary N) is 2. The Kier molecular flexibility index (Phi) is 6.46. The van der Waals surface area contributed by atoms with Crippen LogP contribution in [0.1, 0.15) is 41.8 Å².